The van der Waals surface area contributed by atoms with E-state index in [2.05, 4.69) is 10.6 Å². The van der Waals surface area contributed by atoms with E-state index in [1.54, 1.807) is 17.5 Å². The Bertz CT molecular complexity index is 647. The molecule has 1 atom stereocenters. The lowest BCUT2D eigenvalue weighted by Gasteiger charge is -2.13. The number of hydrogen-bond acceptors (Lipinski definition) is 4. The molecule has 0 aliphatic carbocycles. The SMILES string of the molecule is CC(C)Oc1ccc(NC(=O)NCC(O)c2ccsc2)c(F)c1. The van der Waals surface area contributed by atoms with E-state index >= 15 is 0 Å². The third kappa shape index (κ3) is 5.22. The van der Waals surface area contributed by atoms with Crippen LogP contribution in [-0.2, 0) is 0 Å². The lowest BCUT2D eigenvalue weighted by Crippen LogP contribution is -2.32. The highest BCUT2D eigenvalue weighted by molar-refractivity contribution is 7.07. The number of ether oxygens (including phenoxy) is 1. The monoisotopic (exact) mass is 338 g/mol. The summed E-state index contributed by atoms with van der Waals surface area (Å²) in [6.07, 6.45) is -0.853. The van der Waals surface area contributed by atoms with E-state index in [9.17, 15) is 14.3 Å². The number of benzene rings is 1. The molecule has 124 valence electrons. The molecular weight excluding hydrogens is 319 g/mol. The van der Waals surface area contributed by atoms with E-state index in [-0.39, 0.29) is 18.3 Å². The molecule has 7 heteroatoms. The fourth-order valence-corrected chi connectivity index (χ4v) is 2.59. The lowest BCUT2D eigenvalue weighted by atomic mass is 10.2. The molecule has 0 saturated carbocycles. The molecular formula is C16H19FN2O3S. The Morgan fingerprint density at radius 2 is 2.17 bits per heavy atom. The number of hydrogen-bond donors (Lipinski definition) is 3. The average Bonchev–Trinajstić information content (AvgIpc) is 3.01. The molecule has 23 heavy (non-hydrogen) atoms. The molecule has 0 saturated heterocycles. The minimum Gasteiger partial charge on any atom is -0.491 e. The van der Waals surface area contributed by atoms with Crippen LogP contribution in [0, 0.1) is 5.82 Å². The van der Waals surface area contributed by atoms with E-state index in [4.69, 9.17) is 4.74 Å². The highest BCUT2D eigenvalue weighted by atomic mass is 32.1. The summed E-state index contributed by atoms with van der Waals surface area (Å²) < 4.78 is 19.3. The van der Waals surface area contributed by atoms with Crippen LogP contribution in [0.1, 0.15) is 25.5 Å². The molecule has 0 fully saturated rings. The van der Waals surface area contributed by atoms with Crippen LogP contribution in [0.4, 0.5) is 14.9 Å². The third-order valence-corrected chi connectivity index (χ3v) is 3.65. The van der Waals surface area contributed by atoms with Gasteiger partial charge in [-0.1, -0.05) is 0 Å². The first-order valence-corrected chi connectivity index (χ1v) is 8.11. The summed E-state index contributed by atoms with van der Waals surface area (Å²) in [5.41, 5.74) is 0.778. The van der Waals surface area contributed by atoms with Crippen LogP contribution >= 0.6 is 11.3 Å². The van der Waals surface area contributed by atoms with E-state index in [1.165, 1.54) is 23.5 Å². The zero-order chi connectivity index (χ0) is 16.8. The predicted octanol–water partition coefficient (Wildman–Crippen LogP) is 3.53. The average molecular weight is 338 g/mol. The summed E-state index contributed by atoms with van der Waals surface area (Å²) in [4.78, 5) is 11.8. The van der Waals surface area contributed by atoms with Gasteiger partial charge in [0.05, 0.1) is 17.9 Å². The van der Waals surface area contributed by atoms with E-state index < -0.39 is 18.0 Å². The van der Waals surface area contributed by atoms with Crippen LogP contribution < -0.4 is 15.4 Å². The number of amides is 2. The van der Waals surface area contributed by atoms with Crippen LogP contribution in [0.15, 0.2) is 35.0 Å². The topological polar surface area (TPSA) is 70.6 Å². The van der Waals surface area contributed by atoms with Crippen LogP contribution in [-0.4, -0.2) is 23.8 Å². The van der Waals surface area contributed by atoms with Crippen molar-refractivity contribution in [3.63, 3.8) is 0 Å². The molecule has 5 nitrogen and oxygen atoms in total. The number of halogens is 1. The summed E-state index contributed by atoms with van der Waals surface area (Å²) >= 11 is 1.46. The number of carbonyl (C=O) groups is 1. The molecule has 0 bridgehead atoms. The number of nitrogens with one attached hydrogen (secondary N) is 2. The molecule has 1 unspecified atom stereocenters. The normalized spacial score (nSPS) is 12.0. The molecule has 1 heterocycles. The van der Waals surface area contributed by atoms with Gasteiger partial charge >= 0.3 is 6.03 Å². The Balaban J connectivity index is 1.87. The van der Waals surface area contributed by atoms with Gasteiger partial charge in [0.1, 0.15) is 11.6 Å². The fraction of sp³-hybridized carbons (Fsp3) is 0.312. The Hall–Kier alpha value is -2.12. The Labute approximate surface area is 138 Å². The summed E-state index contributed by atoms with van der Waals surface area (Å²) in [6, 6.07) is 5.43. The summed E-state index contributed by atoms with van der Waals surface area (Å²) in [6.45, 7) is 3.73. The molecule has 1 aromatic heterocycles. The Morgan fingerprint density at radius 1 is 1.39 bits per heavy atom. The largest absolute Gasteiger partial charge is 0.491 e. The zero-order valence-corrected chi connectivity index (χ0v) is 13.7. The number of urea groups is 1. The highest BCUT2D eigenvalue weighted by Gasteiger charge is 2.12. The van der Waals surface area contributed by atoms with Gasteiger partial charge in [0.2, 0.25) is 0 Å². The Morgan fingerprint density at radius 3 is 2.78 bits per heavy atom. The van der Waals surface area contributed by atoms with Gasteiger partial charge in [-0.2, -0.15) is 11.3 Å². The number of carbonyl (C=O) groups excluding carboxylic acids is 1. The molecule has 0 aliphatic rings. The van der Waals surface area contributed by atoms with Gasteiger partial charge in [-0.15, -0.1) is 0 Å². The maximum atomic E-state index is 13.9. The van der Waals surface area contributed by atoms with Crippen molar-refractivity contribution in [2.24, 2.45) is 0 Å². The first-order valence-electron chi connectivity index (χ1n) is 7.17. The van der Waals surface area contributed by atoms with Crippen molar-refractivity contribution in [1.82, 2.24) is 5.32 Å². The van der Waals surface area contributed by atoms with Crippen molar-refractivity contribution in [3.8, 4) is 5.75 Å². The number of aliphatic hydroxyl groups is 1. The molecule has 3 N–H and O–H groups in total. The smallest absolute Gasteiger partial charge is 0.319 e. The Kier molecular flexibility index (Phi) is 5.95. The molecule has 1 aromatic carbocycles. The predicted molar refractivity (Wildman–Crippen MR) is 88.5 cm³/mol. The van der Waals surface area contributed by atoms with E-state index in [1.807, 2.05) is 19.2 Å². The van der Waals surface area contributed by atoms with Gasteiger partial charge in [0.25, 0.3) is 0 Å². The number of thiophene rings is 1. The standard InChI is InChI=1S/C16H19FN2O3S/c1-10(2)22-12-3-4-14(13(17)7-12)19-16(21)18-8-15(20)11-5-6-23-9-11/h3-7,9-10,15,20H,8H2,1-2H3,(H2,18,19,21). The molecule has 0 spiro atoms. The van der Waals surface area contributed by atoms with Gasteiger partial charge in [0.15, 0.2) is 0 Å². The van der Waals surface area contributed by atoms with Gasteiger partial charge in [-0.3, -0.25) is 0 Å². The number of aliphatic hydroxyl groups excluding tert-OH is 1. The second-order valence-corrected chi connectivity index (χ2v) is 6.00. The zero-order valence-electron chi connectivity index (χ0n) is 12.9. The molecule has 2 aromatic rings. The van der Waals surface area contributed by atoms with Crippen molar-refractivity contribution in [1.29, 1.82) is 0 Å². The van der Waals surface area contributed by atoms with Gasteiger partial charge in [-0.25, -0.2) is 9.18 Å². The van der Waals surface area contributed by atoms with E-state index in [0.717, 1.165) is 5.56 Å². The summed E-state index contributed by atoms with van der Waals surface area (Å²) in [7, 11) is 0. The van der Waals surface area contributed by atoms with Crippen LogP contribution in [0.25, 0.3) is 0 Å². The third-order valence-electron chi connectivity index (χ3n) is 2.94. The highest BCUT2D eigenvalue weighted by Crippen LogP contribution is 2.21. The van der Waals surface area contributed by atoms with Crippen molar-refractivity contribution in [3.05, 3.63) is 46.4 Å². The second-order valence-electron chi connectivity index (χ2n) is 5.22. The molecule has 0 aliphatic heterocycles. The minimum absolute atomic E-state index is 0.0404. The molecule has 2 amide bonds. The maximum Gasteiger partial charge on any atom is 0.319 e. The van der Waals surface area contributed by atoms with E-state index in [0.29, 0.717) is 5.75 Å². The summed E-state index contributed by atoms with van der Waals surface area (Å²) in [5.74, 6) is -0.187. The van der Waals surface area contributed by atoms with Crippen molar-refractivity contribution in [2.75, 3.05) is 11.9 Å². The number of rotatable bonds is 6. The lowest BCUT2D eigenvalue weighted by molar-refractivity contribution is 0.175. The molecule has 0 radical (unpaired) electrons. The van der Waals surface area contributed by atoms with Gasteiger partial charge in [-0.05, 0) is 48.4 Å². The van der Waals surface area contributed by atoms with Gasteiger partial charge in [0, 0.05) is 12.6 Å². The second kappa shape index (κ2) is 7.94. The van der Waals surface area contributed by atoms with Crippen LogP contribution in [0.3, 0.4) is 0 Å². The number of anilines is 1. The minimum atomic E-state index is -0.793. The van der Waals surface area contributed by atoms with Gasteiger partial charge < -0.3 is 20.5 Å². The first-order chi connectivity index (χ1) is 11.0. The maximum absolute atomic E-state index is 13.9. The van der Waals surface area contributed by atoms with Crippen LogP contribution in [0.2, 0.25) is 0 Å². The first kappa shape index (κ1) is 17.2. The van der Waals surface area contributed by atoms with Crippen LogP contribution in [0.5, 0.6) is 5.75 Å². The summed E-state index contributed by atoms with van der Waals surface area (Å²) in [5, 5.41) is 18.4. The van der Waals surface area contributed by atoms with Crippen molar-refractivity contribution < 1.29 is 19.0 Å². The van der Waals surface area contributed by atoms with Crippen molar-refractivity contribution >= 4 is 23.1 Å². The quantitative estimate of drug-likeness (QED) is 0.754. The fourth-order valence-electron chi connectivity index (χ4n) is 1.88. The molecule has 2 rings (SSSR count). The van der Waals surface area contributed by atoms with Crippen molar-refractivity contribution in [2.45, 2.75) is 26.1 Å².